The number of anilines is 1. The van der Waals surface area contributed by atoms with Crippen molar-refractivity contribution in [3.8, 4) is 5.75 Å². The van der Waals surface area contributed by atoms with E-state index in [0.717, 1.165) is 11.1 Å². The number of hydrogen-bond acceptors (Lipinski definition) is 5. The molecule has 0 aliphatic heterocycles. The molecule has 1 aromatic heterocycles. The van der Waals surface area contributed by atoms with Crippen LogP contribution in [0.25, 0.3) is 0 Å². The highest BCUT2D eigenvalue weighted by atomic mass is 32.1. The lowest BCUT2D eigenvalue weighted by molar-refractivity contribution is -0.118. The van der Waals surface area contributed by atoms with Crippen LogP contribution in [0.3, 0.4) is 0 Å². The number of carbonyl (C=O) groups is 2. The van der Waals surface area contributed by atoms with Crippen LogP contribution in [0.2, 0.25) is 0 Å². The molecule has 0 unspecified atom stereocenters. The summed E-state index contributed by atoms with van der Waals surface area (Å²) in [4.78, 5) is 26.9. The van der Waals surface area contributed by atoms with Crippen LogP contribution in [0.1, 0.15) is 28.5 Å². The maximum absolute atomic E-state index is 11.8. The highest BCUT2D eigenvalue weighted by Gasteiger charge is 2.09. The highest BCUT2D eigenvalue weighted by molar-refractivity contribution is 7.14. The monoisotopic (exact) mass is 304 g/mol. The molecular formula is C15H16N2O3S. The van der Waals surface area contributed by atoms with Gasteiger partial charge < -0.3 is 4.74 Å². The fraction of sp³-hybridized carbons (Fsp3) is 0.267. The number of thiazole rings is 1. The summed E-state index contributed by atoms with van der Waals surface area (Å²) < 4.78 is 5.45. The van der Waals surface area contributed by atoms with Crippen molar-refractivity contribution in [3.63, 3.8) is 0 Å². The molecule has 5 nitrogen and oxygen atoms in total. The van der Waals surface area contributed by atoms with Gasteiger partial charge in [0, 0.05) is 12.3 Å². The zero-order valence-electron chi connectivity index (χ0n) is 12.1. The molecule has 0 saturated heterocycles. The van der Waals surface area contributed by atoms with Crippen molar-refractivity contribution in [1.29, 1.82) is 0 Å². The first-order chi connectivity index (χ1) is 9.94. The van der Waals surface area contributed by atoms with Crippen molar-refractivity contribution in [2.45, 2.75) is 20.8 Å². The molecule has 0 radical (unpaired) electrons. The van der Waals surface area contributed by atoms with E-state index in [0.29, 0.717) is 16.6 Å². The average Bonchev–Trinajstić information content (AvgIpc) is 2.84. The standard InChI is InChI=1S/C15H16N2O3S/c1-9-4-10(2)6-12(5-9)20-7-14(19)17-15-16-13(8-21-15)11(3)18/h4-6,8H,7H2,1-3H3,(H,16,17,19). The molecular weight excluding hydrogens is 288 g/mol. The maximum Gasteiger partial charge on any atom is 0.264 e. The Morgan fingerprint density at radius 1 is 1.24 bits per heavy atom. The Morgan fingerprint density at radius 2 is 1.90 bits per heavy atom. The molecule has 21 heavy (non-hydrogen) atoms. The highest BCUT2D eigenvalue weighted by Crippen LogP contribution is 2.17. The van der Waals surface area contributed by atoms with E-state index in [2.05, 4.69) is 10.3 Å². The molecule has 6 heteroatoms. The van der Waals surface area contributed by atoms with Crippen molar-refractivity contribution < 1.29 is 14.3 Å². The zero-order chi connectivity index (χ0) is 15.4. The third kappa shape index (κ3) is 4.39. The molecule has 110 valence electrons. The fourth-order valence-corrected chi connectivity index (χ4v) is 2.58. The first-order valence-electron chi connectivity index (χ1n) is 6.41. The van der Waals surface area contributed by atoms with Crippen LogP contribution >= 0.6 is 11.3 Å². The Kier molecular flexibility index (Phi) is 4.70. The van der Waals surface area contributed by atoms with Gasteiger partial charge in [-0.05, 0) is 37.1 Å². The lowest BCUT2D eigenvalue weighted by Gasteiger charge is -2.07. The van der Waals surface area contributed by atoms with Gasteiger partial charge in [0.1, 0.15) is 11.4 Å². The Morgan fingerprint density at radius 3 is 2.48 bits per heavy atom. The van der Waals surface area contributed by atoms with Gasteiger partial charge in [-0.15, -0.1) is 11.3 Å². The number of aromatic nitrogens is 1. The molecule has 2 aromatic rings. The van der Waals surface area contributed by atoms with Crippen LogP contribution in [-0.4, -0.2) is 23.3 Å². The number of hydrogen-bond donors (Lipinski definition) is 1. The molecule has 0 bridgehead atoms. The number of benzene rings is 1. The minimum Gasteiger partial charge on any atom is -0.484 e. The maximum atomic E-state index is 11.8. The summed E-state index contributed by atoms with van der Waals surface area (Å²) in [7, 11) is 0. The summed E-state index contributed by atoms with van der Waals surface area (Å²) in [6, 6.07) is 5.78. The molecule has 1 amide bonds. The number of Topliss-reactive ketones (excluding diaryl/α,β-unsaturated/α-hetero) is 1. The number of ketones is 1. The molecule has 0 atom stereocenters. The lowest BCUT2D eigenvalue weighted by Crippen LogP contribution is -2.20. The van der Waals surface area contributed by atoms with E-state index in [4.69, 9.17) is 4.74 Å². The smallest absolute Gasteiger partial charge is 0.264 e. The van der Waals surface area contributed by atoms with Crippen molar-refractivity contribution >= 4 is 28.2 Å². The van der Waals surface area contributed by atoms with Crippen LogP contribution in [0.15, 0.2) is 23.6 Å². The van der Waals surface area contributed by atoms with Gasteiger partial charge in [-0.2, -0.15) is 0 Å². The summed E-state index contributed by atoms with van der Waals surface area (Å²) in [5.74, 6) is 0.225. The molecule has 1 aromatic carbocycles. The van der Waals surface area contributed by atoms with E-state index in [9.17, 15) is 9.59 Å². The third-order valence-corrected chi connectivity index (χ3v) is 3.43. The van der Waals surface area contributed by atoms with Crippen molar-refractivity contribution in [2.75, 3.05) is 11.9 Å². The molecule has 0 fully saturated rings. The number of rotatable bonds is 5. The largest absolute Gasteiger partial charge is 0.484 e. The predicted molar refractivity (Wildman–Crippen MR) is 82.2 cm³/mol. The number of ether oxygens (including phenoxy) is 1. The number of carbonyl (C=O) groups excluding carboxylic acids is 2. The third-order valence-electron chi connectivity index (χ3n) is 2.68. The van der Waals surface area contributed by atoms with E-state index in [-0.39, 0.29) is 18.3 Å². The Balaban J connectivity index is 1.90. The Bertz CT molecular complexity index is 659. The summed E-state index contributed by atoms with van der Waals surface area (Å²) >= 11 is 1.21. The molecule has 2 rings (SSSR count). The minimum atomic E-state index is -0.307. The van der Waals surface area contributed by atoms with Gasteiger partial charge in [-0.25, -0.2) is 4.98 Å². The second-order valence-corrected chi connectivity index (χ2v) is 5.61. The number of amides is 1. The van der Waals surface area contributed by atoms with Gasteiger partial charge in [0.25, 0.3) is 5.91 Å². The van der Waals surface area contributed by atoms with Crippen LogP contribution in [0, 0.1) is 13.8 Å². The van der Waals surface area contributed by atoms with Crippen molar-refractivity contribution in [1.82, 2.24) is 4.98 Å². The minimum absolute atomic E-state index is 0.0993. The molecule has 1 N–H and O–H groups in total. The SMILES string of the molecule is CC(=O)c1csc(NC(=O)COc2cc(C)cc(C)c2)n1. The van der Waals surface area contributed by atoms with Gasteiger partial charge in [0.15, 0.2) is 17.5 Å². The van der Waals surface area contributed by atoms with Gasteiger partial charge in [-0.3, -0.25) is 14.9 Å². The quantitative estimate of drug-likeness (QED) is 0.862. The first-order valence-corrected chi connectivity index (χ1v) is 7.29. The van der Waals surface area contributed by atoms with Crippen LogP contribution in [0.4, 0.5) is 5.13 Å². The lowest BCUT2D eigenvalue weighted by atomic mass is 10.1. The second-order valence-electron chi connectivity index (χ2n) is 4.75. The molecule has 0 aliphatic carbocycles. The van der Waals surface area contributed by atoms with E-state index in [1.54, 1.807) is 5.38 Å². The van der Waals surface area contributed by atoms with Crippen LogP contribution in [0.5, 0.6) is 5.75 Å². The van der Waals surface area contributed by atoms with Crippen LogP contribution < -0.4 is 10.1 Å². The van der Waals surface area contributed by atoms with E-state index >= 15 is 0 Å². The fourth-order valence-electron chi connectivity index (χ4n) is 1.81. The molecule has 0 spiro atoms. The van der Waals surface area contributed by atoms with E-state index in [1.807, 2.05) is 32.0 Å². The van der Waals surface area contributed by atoms with Crippen LogP contribution in [-0.2, 0) is 4.79 Å². The Hall–Kier alpha value is -2.21. The number of nitrogens with zero attached hydrogens (tertiary/aromatic N) is 1. The summed E-state index contributed by atoms with van der Waals surface area (Å²) in [6.45, 7) is 5.28. The summed E-state index contributed by atoms with van der Waals surface area (Å²) in [5, 5.41) is 4.62. The number of aryl methyl sites for hydroxylation is 2. The van der Waals surface area contributed by atoms with Gasteiger partial charge in [-0.1, -0.05) is 6.07 Å². The van der Waals surface area contributed by atoms with E-state index in [1.165, 1.54) is 18.3 Å². The zero-order valence-corrected chi connectivity index (χ0v) is 12.9. The van der Waals surface area contributed by atoms with Crippen molar-refractivity contribution in [3.05, 3.63) is 40.4 Å². The van der Waals surface area contributed by atoms with Crippen molar-refractivity contribution in [2.24, 2.45) is 0 Å². The Labute approximate surface area is 127 Å². The van der Waals surface area contributed by atoms with Gasteiger partial charge in [0.05, 0.1) is 0 Å². The summed E-state index contributed by atoms with van der Waals surface area (Å²) in [6.07, 6.45) is 0. The predicted octanol–water partition coefficient (Wildman–Crippen LogP) is 2.98. The first kappa shape index (κ1) is 15.2. The second kappa shape index (κ2) is 6.49. The number of nitrogens with one attached hydrogen (secondary N) is 1. The molecule has 0 saturated carbocycles. The van der Waals surface area contributed by atoms with Gasteiger partial charge >= 0.3 is 0 Å². The van der Waals surface area contributed by atoms with Gasteiger partial charge in [0.2, 0.25) is 0 Å². The molecule has 0 aliphatic rings. The normalized spacial score (nSPS) is 10.2. The molecule has 1 heterocycles. The average molecular weight is 304 g/mol. The topological polar surface area (TPSA) is 68.3 Å². The summed E-state index contributed by atoms with van der Waals surface area (Å²) in [5.41, 5.74) is 2.51. The van der Waals surface area contributed by atoms with E-state index < -0.39 is 0 Å².